The van der Waals surface area contributed by atoms with Crippen molar-refractivity contribution in [3.8, 4) is 0 Å². The van der Waals surface area contributed by atoms with Gasteiger partial charge in [0.15, 0.2) is 4.99 Å². The molecule has 1 aromatic rings. The molecule has 1 rings (SSSR count). The average Bonchev–Trinajstić information content (AvgIpc) is 2.27. The number of hydrogen-bond donors (Lipinski definition) is 2. The van der Waals surface area contributed by atoms with Gasteiger partial charge in [-0.3, -0.25) is 11.1 Å². The Bertz CT molecular complexity index is 455. The Morgan fingerprint density at radius 3 is 2.29 bits per heavy atom. The summed E-state index contributed by atoms with van der Waals surface area (Å²) in [5.41, 5.74) is 6.79. The minimum absolute atomic E-state index is 0.404. The van der Waals surface area contributed by atoms with E-state index in [4.69, 9.17) is 5.73 Å². The first kappa shape index (κ1) is 14.1. The molecule has 1 atom stereocenters. The summed E-state index contributed by atoms with van der Waals surface area (Å²) in [4.78, 5) is -1.48. The topological polar surface area (TPSA) is 75.4 Å². The van der Waals surface area contributed by atoms with Crippen LogP contribution in [0.5, 0.6) is 0 Å². The number of nitrogens with zero attached hydrogens (tertiary/aromatic N) is 1. The Balaban J connectivity index is 2.75. The SMILES string of the molecule is CN(C)S(=O)(=O)C(C)(N)NCc1ccccc1. The summed E-state index contributed by atoms with van der Waals surface area (Å²) < 4.78 is 24.9. The molecule has 0 aliphatic carbocycles. The third-order valence-electron chi connectivity index (χ3n) is 2.50. The van der Waals surface area contributed by atoms with Crippen molar-refractivity contribution in [2.75, 3.05) is 14.1 Å². The van der Waals surface area contributed by atoms with Crippen LogP contribution in [0.1, 0.15) is 12.5 Å². The molecule has 6 heteroatoms. The van der Waals surface area contributed by atoms with Gasteiger partial charge < -0.3 is 0 Å². The maximum Gasteiger partial charge on any atom is 0.246 e. The molecule has 5 nitrogen and oxygen atoms in total. The maximum absolute atomic E-state index is 11.9. The quantitative estimate of drug-likeness (QED) is 0.744. The van der Waals surface area contributed by atoms with E-state index in [1.807, 2.05) is 30.3 Å². The van der Waals surface area contributed by atoms with Gasteiger partial charge in [-0.05, 0) is 12.5 Å². The molecule has 1 aromatic carbocycles. The fourth-order valence-electron chi connectivity index (χ4n) is 1.34. The molecule has 96 valence electrons. The zero-order valence-electron chi connectivity index (χ0n) is 10.3. The van der Waals surface area contributed by atoms with Gasteiger partial charge in [-0.2, -0.15) is 0 Å². The van der Waals surface area contributed by atoms with E-state index in [-0.39, 0.29) is 0 Å². The molecule has 0 radical (unpaired) electrons. The van der Waals surface area contributed by atoms with Gasteiger partial charge in [-0.25, -0.2) is 12.7 Å². The zero-order valence-corrected chi connectivity index (χ0v) is 11.2. The fourth-order valence-corrected chi connectivity index (χ4v) is 2.36. The molecule has 3 N–H and O–H groups in total. The monoisotopic (exact) mass is 257 g/mol. The third-order valence-corrected chi connectivity index (χ3v) is 4.68. The number of nitrogens with one attached hydrogen (secondary N) is 1. The highest BCUT2D eigenvalue weighted by Gasteiger charge is 2.36. The second kappa shape index (κ2) is 5.14. The summed E-state index contributed by atoms with van der Waals surface area (Å²) in [5.74, 6) is 0. The molecule has 0 aromatic heterocycles. The predicted molar refractivity (Wildman–Crippen MR) is 68.5 cm³/mol. The first-order valence-corrected chi connectivity index (χ1v) is 6.71. The highest BCUT2D eigenvalue weighted by molar-refractivity contribution is 7.90. The van der Waals surface area contributed by atoms with E-state index in [9.17, 15) is 8.42 Å². The molecule has 17 heavy (non-hydrogen) atoms. The van der Waals surface area contributed by atoms with Gasteiger partial charge in [-0.15, -0.1) is 0 Å². The van der Waals surface area contributed by atoms with E-state index in [2.05, 4.69) is 5.32 Å². The minimum atomic E-state index is -3.55. The van der Waals surface area contributed by atoms with Crippen molar-refractivity contribution in [2.24, 2.45) is 5.73 Å². The van der Waals surface area contributed by atoms with Crippen molar-refractivity contribution in [2.45, 2.75) is 18.5 Å². The van der Waals surface area contributed by atoms with Crippen molar-refractivity contribution in [1.29, 1.82) is 0 Å². The maximum atomic E-state index is 11.9. The molecule has 0 fully saturated rings. The van der Waals surface area contributed by atoms with E-state index in [0.717, 1.165) is 9.87 Å². The van der Waals surface area contributed by atoms with Crippen molar-refractivity contribution < 1.29 is 8.42 Å². The standard InChI is InChI=1S/C11H19N3O2S/c1-11(12,17(15,16)14(2)3)13-9-10-7-5-4-6-8-10/h4-8,13H,9,12H2,1-3H3. The van der Waals surface area contributed by atoms with E-state index in [1.54, 1.807) is 0 Å². The molecule has 0 spiro atoms. The molecule has 0 aliphatic heterocycles. The van der Waals surface area contributed by atoms with Crippen LogP contribution in [0.25, 0.3) is 0 Å². The van der Waals surface area contributed by atoms with Crippen LogP contribution in [0, 0.1) is 0 Å². The van der Waals surface area contributed by atoms with Crippen LogP contribution >= 0.6 is 0 Å². The number of hydrogen-bond acceptors (Lipinski definition) is 4. The lowest BCUT2D eigenvalue weighted by molar-refractivity contribution is 0.421. The van der Waals surface area contributed by atoms with Crippen LogP contribution in [0.2, 0.25) is 0 Å². The van der Waals surface area contributed by atoms with Gasteiger partial charge in [-0.1, -0.05) is 30.3 Å². The second-order valence-corrected chi connectivity index (χ2v) is 6.76. The Kier molecular flexibility index (Phi) is 4.26. The smallest absolute Gasteiger partial charge is 0.246 e. The third kappa shape index (κ3) is 3.26. The van der Waals surface area contributed by atoms with Gasteiger partial charge >= 0.3 is 0 Å². The van der Waals surface area contributed by atoms with Crippen LogP contribution in [-0.2, 0) is 16.6 Å². The Labute approximate surface area is 103 Å². The zero-order chi connectivity index (χ0) is 13.1. The summed E-state index contributed by atoms with van der Waals surface area (Å²) in [5, 5.41) is 2.85. The first-order chi connectivity index (χ1) is 7.77. The lowest BCUT2D eigenvalue weighted by Crippen LogP contribution is -2.60. The average molecular weight is 257 g/mol. The van der Waals surface area contributed by atoms with Crippen LogP contribution in [-0.4, -0.2) is 31.8 Å². The summed E-state index contributed by atoms with van der Waals surface area (Å²) >= 11 is 0. The number of benzene rings is 1. The van der Waals surface area contributed by atoms with E-state index >= 15 is 0 Å². The Morgan fingerprint density at radius 2 is 1.82 bits per heavy atom. The van der Waals surface area contributed by atoms with Crippen molar-refractivity contribution >= 4 is 10.0 Å². The molecule has 0 heterocycles. The highest BCUT2D eigenvalue weighted by atomic mass is 32.2. The van der Waals surface area contributed by atoms with Crippen molar-refractivity contribution in [3.05, 3.63) is 35.9 Å². The van der Waals surface area contributed by atoms with Gasteiger partial charge in [0, 0.05) is 20.6 Å². The predicted octanol–water partition coefficient (Wildman–Crippen LogP) is 0.300. The number of nitrogens with two attached hydrogens (primary N) is 1. The van der Waals surface area contributed by atoms with Gasteiger partial charge in [0.1, 0.15) is 0 Å². The molecule has 0 saturated heterocycles. The number of sulfonamides is 1. The van der Waals surface area contributed by atoms with Crippen LogP contribution in [0.3, 0.4) is 0 Å². The summed E-state index contributed by atoms with van der Waals surface area (Å²) in [6.45, 7) is 1.85. The summed E-state index contributed by atoms with van der Waals surface area (Å²) in [7, 11) is -0.621. The fraction of sp³-hybridized carbons (Fsp3) is 0.455. The number of rotatable bonds is 5. The van der Waals surface area contributed by atoms with Gasteiger partial charge in [0.2, 0.25) is 10.0 Å². The molecular weight excluding hydrogens is 238 g/mol. The van der Waals surface area contributed by atoms with Gasteiger partial charge in [0.25, 0.3) is 0 Å². The molecule has 1 unspecified atom stereocenters. The summed E-state index contributed by atoms with van der Waals surface area (Å²) in [6.07, 6.45) is 0. The normalized spacial score (nSPS) is 15.8. The largest absolute Gasteiger partial charge is 0.300 e. The van der Waals surface area contributed by atoms with Crippen molar-refractivity contribution in [3.63, 3.8) is 0 Å². The molecule has 0 saturated carbocycles. The lowest BCUT2D eigenvalue weighted by Gasteiger charge is -2.29. The minimum Gasteiger partial charge on any atom is -0.300 e. The second-order valence-electron chi connectivity index (χ2n) is 4.23. The van der Waals surface area contributed by atoms with E-state index < -0.39 is 15.0 Å². The van der Waals surface area contributed by atoms with Crippen LogP contribution in [0.4, 0.5) is 0 Å². The molecule has 0 aliphatic rings. The van der Waals surface area contributed by atoms with E-state index in [0.29, 0.717) is 6.54 Å². The first-order valence-electron chi connectivity index (χ1n) is 5.27. The van der Waals surface area contributed by atoms with Crippen LogP contribution in [0.15, 0.2) is 30.3 Å². The Hall–Kier alpha value is -0.950. The Morgan fingerprint density at radius 1 is 1.29 bits per heavy atom. The summed E-state index contributed by atoms with van der Waals surface area (Å²) in [6, 6.07) is 9.51. The molecular formula is C11H19N3O2S. The highest BCUT2D eigenvalue weighted by Crippen LogP contribution is 2.11. The van der Waals surface area contributed by atoms with Crippen molar-refractivity contribution in [1.82, 2.24) is 9.62 Å². The van der Waals surface area contributed by atoms with Crippen LogP contribution < -0.4 is 11.1 Å². The molecule has 0 bridgehead atoms. The van der Waals surface area contributed by atoms with Gasteiger partial charge in [0.05, 0.1) is 0 Å². The van der Waals surface area contributed by atoms with E-state index in [1.165, 1.54) is 21.0 Å². The molecule has 0 amide bonds. The lowest BCUT2D eigenvalue weighted by atomic mass is 10.2.